The molecular formula is C27H26Cl2N4O5. The van der Waals surface area contributed by atoms with Crippen LogP contribution in [0.5, 0.6) is 11.6 Å². The molecule has 2 fully saturated rings. The molecular weight excluding hydrogens is 531 g/mol. The third-order valence-corrected chi connectivity index (χ3v) is 7.21. The lowest BCUT2D eigenvalue weighted by atomic mass is 10.1. The fraction of sp³-hybridized carbons (Fsp3) is 0.333. The van der Waals surface area contributed by atoms with Crippen LogP contribution in [0, 0.1) is 5.41 Å². The number of aromatic nitrogens is 2. The van der Waals surface area contributed by atoms with Crippen molar-refractivity contribution < 1.29 is 24.2 Å². The Kier molecular flexibility index (Phi) is 7.43. The number of esters is 1. The second kappa shape index (κ2) is 10.8. The first-order valence-corrected chi connectivity index (χ1v) is 12.9. The Morgan fingerprint density at radius 3 is 2.32 bits per heavy atom. The normalized spacial score (nSPS) is 16.2. The molecule has 0 unspecified atom stereocenters. The monoisotopic (exact) mass is 556 g/mol. The Labute approximate surface area is 229 Å². The van der Waals surface area contributed by atoms with Gasteiger partial charge in [-0.15, -0.1) is 0 Å². The highest BCUT2D eigenvalue weighted by atomic mass is 35.5. The van der Waals surface area contributed by atoms with Gasteiger partial charge in [0.25, 0.3) is 0 Å². The first-order chi connectivity index (χ1) is 18.3. The van der Waals surface area contributed by atoms with Crippen molar-refractivity contribution >= 4 is 40.9 Å². The number of methoxy groups -OCH3 is 1. The van der Waals surface area contributed by atoms with E-state index in [4.69, 9.17) is 32.7 Å². The fourth-order valence-corrected chi connectivity index (χ4v) is 5.09. The molecule has 5 rings (SSSR count). The lowest BCUT2D eigenvalue weighted by Gasteiger charge is -2.36. The summed E-state index contributed by atoms with van der Waals surface area (Å²) in [4.78, 5) is 37.8. The van der Waals surface area contributed by atoms with Crippen LogP contribution in [0.1, 0.15) is 18.4 Å². The Balaban J connectivity index is 1.24. The van der Waals surface area contributed by atoms with E-state index < -0.39 is 11.4 Å². The topological polar surface area (TPSA) is 105 Å². The Bertz CT molecular complexity index is 1340. The van der Waals surface area contributed by atoms with Crippen molar-refractivity contribution in [2.24, 2.45) is 5.41 Å². The quantitative estimate of drug-likeness (QED) is 0.338. The Hall–Kier alpha value is -3.40. The van der Waals surface area contributed by atoms with Gasteiger partial charge in [-0.1, -0.05) is 23.2 Å². The van der Waals surface area contributed by atoms with E-state index in [1.54, 1.807) is 47.5 Å². The van der Waals surface area contributed by atoms with Crippen molar-refractivity contribution in [1.29, 1.82) is 0 Å². The predicted molar refractivity (Wildman–Crippen MR) is 142 cm³/mol. The van der Waals surface area contributed by atoms with E-state index in [0.717, 1.165) is 5.82 Å². The van der Waals surface area contributed by atoms with Crippen LogP contribution < -0.4 is 9.64 Å². The number of pyridine rings is 2. The van der Waals surface area contributed by atoms with Gasteiger partial charge in [-0.2, -0.15) is 0 Å². The summed E-state index contributed by atoms with van der Waals surface area (Å²) in [6.07, 6.45) is 2.70. The van der Waals surface area contributed by atoms with Gasteiger partial charge in [0.1, 0.15) is 17.0 Å². The summed E-state index contributed by atoms with van der Waals surface area (Å²) in [5.41, 5.74) is 0.911. The fourth-order valence-electron chi connectivity index (χ4n) is 4.56. The van der Waals surface area contributed by atoms with Gasteiger partial charge in [0.2, 0.25) is 11.8 Å². The van der Waals surface area contributed by atoms with Crippen LogP contribution in [-0.2, 0) is 20.9 Å². The van der Waals surface area contributed by atoms with Crippen LogP contribution in [0.2, 0.25) is 10.0 Å². The molecule has 1 aliphatic heterocycles. The minimum atomic E-state index is -0.978. The molecule has 11 heteroatoms. The predicted octanol–water partition coefficient (Wildman–Crippen LogP) is 4.34. The molecule has 3 heterocycles. The largest absolute Gasteiger partial charge is 0.468 e. The van der Waals surface area contributed by atoms with Crippen LogP contribution in [0.25, 0.3) is 11.3 Å². The number of benzene rings is 1. The lowest BCUT2D eigenvalue weighted by molar-refractivity contribution is -0.156. The van der Waals surface area contributed by atoms with E-state index in [9.17, 15) is 14.7 Å². The van der Waals surface area contributed by atoms with Gasteiger partial charge >= 0.3 is 5.97 Å². The molecule has 2 aromatic heterocycles. The second-order valence-corrected chi connectivity index (χ2v) is 10.2. The number of carbonyl (C=O) groups is 2. The zero-order valence-electron chi connectivity index (χ0n) is 20.7. The number of amides is 1. The summed E-state index contributed by atoms with van der Waals surface area (Å²) >= 11 is 12.3. The Morgan fingerprint density at radius 2 is 1.74 bits per heavy atom. The number of nitrogens with zero attached hydrogens (tertiary/aromatic N) is 4. The molecule has 1 saturated carbocycles. The zero-order valence-corrected chi connectivity index (χ0v) is 22.2. The van der Waals surface area contributed by atoms with Crippen LogP contribution in [-0.4, -0.2) is 65.1 Å². The zero-order chi connectivity index (χ0) is 26.9. The van der Waals surface area contributed by atoms with Crippen molar-refractivity contribution in [3.8, 4) is 22.9 Å². The number of halogens is 2. The molecule has 2 aliphatic rings. The molecule has 0 radical (unpaired) electrons. The van der Waals surface area contributed by atoms with Crippen LogP contribution in [0.15, 0.2) is 48.7 Å². The van der Waals surface area contributed by atoms with Crippen molar-refractivity contribution in [1.82, 2.24) is 14.9 Å². The minimum absolute atomic E-state index is 0.141. The molecule has 1 saturated heterocycles. The molecule has 1 amide bonds. The third-order valence-electron chi connectivity index (χ3n) is 6.77. The summed E-state index contributed by atoms with van der Waals surface area (Å²) < 4.78 is 10.8. The first kappa shape index (κ1) is 26.2. The number of hydrogen-bond acceptors (Lipinski definition) is 8. The summed E-state index contributed by atoms with van der Waals surface area (Å²) in [6, 6.07) is 12.2. The van der Waals surface area contributed by atoms with E-state index >= 15 is 0 Å². The lowest BCUT2D eigenvalue weighted by Crippen LogP contribution is -2.52. The van der Waals surface area contributed by atoms with E-state index in [1.807, 2.05) is 6.07 Å². The van der Waals surface area contributed by atoms with Crippen molar-refractivity contribution in [2.75, 3.05) is 38.2 Å². The summed E-state index contributed by atoms with van der Waals surface area (Å²) in [5.74, 6) is 0.949. The van der Waals surface area contributed by atoms with Crippen molar-refractivity contribution in [2.45, 2.75) is 19.4 Å². The van der Waals surface area contributed by atoms with Crippen LogP contribution in [0.3, 0.4) is 0 Å². The van der Waals surface area contributed by atoms with E-state index in [2.05, 4.69) is 14.9 Å². The van der Waals surface area contributed by atoms with Gasteiger partial charge in [0.15, 0.2) is 0 Å². The van der Waals surface area contributed by atoms with Gasteiger partial charge in [-0.25, -0.2) is 9.97 Å². The highest BCUT2D eigenvalue weighted by Crippen LogP contribution is 2.48. The van der Waals surface area contributed by atoms with Crippen molar-refractivity contribution in [3.63, 3.8) is 0 Å². The molecule has 1 aliphatic carbocycles. The number of anilines is 1. The molecule has 0 atom stereocenters. The molecule has 0 bridgehead atoms. The first-order valence-electron chi connectivity index (χ1n) is 12.2. The number of carbonyl (C=O) groups excluding carboxylic acids is 2. The maximum atomic E-state index is 12.9. The highest BCUT2D eigenvalue weighted by Gasteiger charge is 2.59. The maximum absolute atomic E-state index is 12.9. The molecule has 0 spiro atoms. The molecule has 38 heavy (non-hydrogen) atoms. The molecule has 1 aromatic carbocycles. The Morgan fingerprint density at radius 1 is 1.03 bits per heavy atom. The number of aliphatic hydroxyl groups excluding tert-OH is 1. The van der Waals surface area contributed by atoms with Gasteiger partial charge < -0.3 is 24.4 Å². The SMILES string of the molecule is COC(=O)C1(C(=O)N2CCN(c3ccc(Oc4cc(CO)cc(-c5cc(Cl)cc(Cl)c5)n4)cn3)CC2)CC1. The third kappa shape index (κ3) is 5.41. The molecule has 1 N–H and O–H groups in total. The van der Waals surface area contributed by atoms with Gasteiger partial charge in [-0.3, -0.25) is 9.59 Å². The number of aliphatic hydroxyl groups is 1. The van der Waals surface area contributed by atoms with E-state index in [0.29, 0.717) is 77.5 Å². The standard InChI is InChI=1S/C27H26Cl2N4O5/c1-37-26(36)27(4-5-27)25(35)33-8-6-32(7-9-33)23-3-2-21(15-30-23)38-24-11-17(16-34)10-22(31-24)18-12-19(28)14-20(29)13-18/h2-3,10-15,34H,4-9,16H2,1H3. The second-order valence-electron chi connectivity index (χ2n) is 9.32. The van der Waals surface area contributed by atoms with Gasteiger partial charge in [0, 0.05) is 47.9 Å². The molecule has 3 aromatic rings. The molecule has 198 valence electrons. The van der Waals surface area contributed by atoms with Crippen LogP contribution >= 0.6 is 23.2 Å². The summed E-state index contributed by atoms with van der Waals surface area (Å²) in [6.45, 7) is 2.02. The number of rotatable bonds is 7. The smallest absolute Gasteiger partial charge is 0.321 e. The average molecular weight is 557 g/mol. The average Bonchev–Trinajstić information content (AvgIpc) is 3.74. The molecule has 9 nitrogen and oxygen atoms in total. The van der Waals surface area contributed by atoms with E-state index in [1.165, 1.54) is 7.11 Å². The maximum Gasteiger partial charge on any atom is 0.321 e. The minimum Gasteiger partial charge on any atom is -0.468 e. The summed E-state index contributed by atoms with van der Waals surface area (Å²) in [5, 5.41) is 10.7. The number of piperazine rings is 1. The van der Waals surface area contributed by atoms with Crippen molar-refractivity contribution in [3.05, 3.63) is 64.3 Å². The van der Waals surface area contributed by atoms with Gasteiger partial charge in [-0.05, 0) is 54.8 Å². The number of ether oxygens (including phenoxy) is 2. The highest BCUT2D eigenvalue weighted by molar-refractivity contribution is 6.35. The van der Waals surface area contributed by atoms with Gasteiger partial charge in [0.05, 0.1) is 25.6 Å². The summed E-state index contributed by atoms with van der Waals surface area (Å²) in [7, 11) is 1.32. The van der Waals surface area contributed by atoms with Crippen LogP contribution in [0.4, 0.5) is 5.82 Å². The number of hydrogen-bond donors (Lipinski definition) is 1. The van der Waals surface area contributed by atoms with E-state index in [-0.39, 0.29) is 12.5 Å².